The van der Waals surface area contributed by atoms with Crippen LogP contribution in [0.25, 0.3) is 10.8 Å². The van der Waals surface area contributed by atoms with Crippen molar-refractivity contribution in [2.45, 2.75) is 4.90 Å². The Hall–Kier alpha value is -3.57. The molecule has 0 spiro atoms. The molecule has 4 N–H and O–H groups in total. The molecule has 11 heteroatoms. The number of azo groups is 1. The zero-order valence-electron chi connectivity index (χ0n) is 13.5. The Labute approximate surface area is 152 Å². The summed E-state index contributed by atoms with van der Waals surface area (Å²) in [4.78, 5) is 9.67. The maximum atomic E-state index is 11.7. The van der Waals surface area contributed by atoms with Crippen LogP contribution in [0.3, 0.4) is 0 Å². The summed E-state index contributed by atoms with van der Waals surface area (Å²) >= 11 is 0. The highest BCUT2D eigenvalue weighted by Crippen LogP contribution is 2.42. The average Bonchev–Trinajstić information content (AvgIpc) is 2.60. The Morgan fingerprint density at radius 3 is 2.44 bits per heavy atom. The number of nitrogens with two attached hydrogens (primary N) is 1. The Morgan fingerprint density at radius 2 is 1.78 bits per heavy atom. The number of nitrogen functional groups attached to an aromatic ring is 1. The van der Waals surface area contributed by atoms with Crippen molar-refractivity contribution in [1.29, 1.82) is 0 Å². The Bertz CT molecular complexity index is 1210. The fourth-order valence-electron chi connectivity index (χ4n) is 2.46. The molecular weight excluding hydrogens is 376 g/mol. The van der Waals surface area contributed by atoms with Crippen molar-refractivity contribution in [1.82, 2.24) is 0 Å². The summed E-state index contributed by atoms with van der Waals surface area (Å²) in [5.74, 6) is -0.588. The van der Waals surface area contributed by atoms with Crippen LogP contribution in [0.5, 0.6) is 5.75 Å². The molecule has 0 heterocycles. The lowest BCUT2D eigenvalue weighted by molar-refractivity contribution is -0.384. The summed E-state index contributed by atoms with van der Waals surface area (Å²) in [6, 6.07) is 10.8. The van der Waals surface area contributed by atoms with E-state index in [2.05, 4.69) is 10.2 Å². The number of phenols is 1. The third-order valence-electron chi connectivity index (χ3n) is 3.69. The van der Waals surface area contributed by atoms with Crippen molar-refractivity contribution >= 4 is 43.6 Å². The van der Waals surface area contributed by atoms with Gasteiger partial charge in [0.25, 0.3) is 15.8 Å². The molecule has 0 saturated carbocycles. The van der Waals surface area contributed by atoms with Gasteiger partial charge >= 0.3 is 0 Å². The second kappa shape index (κ2) is 6.63. The van der Waals surface area contributed by atoms with Crippen LogP contribution >= 0.6 is 0 Å². The average molecular weight is 388 g/mol. The van der Waals surface area contributed by atoms with Crippen LogP contribution in [0.1, 0.15) is 0 Å². The minimum atomic E-state index is -4.77. The second-order valence-electron chi connectivity index (χ2n) is 5.47. The standard InChI is InChI=1S/C16H12N4O6S/c17-10-6-5-9-7-14(27(24,25)26)15(16(21)11(9)8-10)19-18-12-3-1-2-4-13(12)20(22)23/h1-8,21H,17H2,(H,24,25,26). The van der Waals surface area contributed by atoms with E-state index in [1.165, 1.54) is 42.5 Å². The molecule has 0 atom stereocenters. The van der Waals surface area contributed by atoms with E-state index in [-0.39, 0.29) is 16.8 Å². The van der Waals surface area contributed by atoms with E-state index in [1.54, 1.807) is 0 Å². The van der Waals surface area contributed by atoms with E-state index in [0.717, 1.165) is 6.07 Å². The van der Waals surface area contributed by atoms with Crippen molar-refractivity contribution < 1.29 is 23.0 Å². The van der Waals surface area contributed by atoms with Crippen LogP contribution in [-0.4, -0.2) is 23.0 Å². The van der Waals surface area contributed by atoms with E-state index in [4.69, 9.17) is 5.73 Å². The third-order valence-corrected chi connectivity index (χ3v) is 4.56. The van der Waals surface area contributed by atoms with Gasteiger partial charge < -0.3 is 10.8 Å². The predicted octanol–water partition coefficient (Wildman–Crippen LogP) is 3.70. The monoisotopic (exact) mass is 388 g/mol. The fraction of sp³-hybridized carbons (Fsp3) is 0. The van der Waals surface area contributed by atoms with Gasteiger partial charge in [-0.15, -0.1) is 10.2 Å². The molecule has 27 heavy (non-hydrogen) atoms. The SMILES string of the molecule is Nc1ccc2cc(S(=O)(=O)O)c(N=Nc3ccccc3[N+](=O)[O-])c(O)c2c1. The molecule has 0 saturated heterocycles. The van der Waals surface area contributed by atoms with Gasteiger partial charge in [0.05, 0.1) is 4.92 Å². The minimum absolute atomic E-state index is 0.157. The van der Waals surface area contributed by atoms with Gasteiger partial charge in [-0.3, -0.25) is 14.7 Å². The van der Waals surface area contributed by atoms with Crippen LogP contribution in [0.2, 0.25) is 0 Å². The van der Waals surface area contributed by atoms with Crippen LogP contribution in [-0.2, 0) is 10.1 Å². The van der Waals surface area contributed by atoms with E-state index >= 15 is 0 Å². The molecule has 3 aromatic rings. The van der Waals surface area contributed by atoms with E-state index in [0.29, 0.717) is 11.1 Å². The summed E-state index contributed by atoms with van der Waals surface area (Å²) in [6.45, 7) is 0. The molecule has 0 unspecified atom stereocenters. The minimum Gasteiger partial charge on any atom is -0.505 e. The smallest absolute Gasteiger partial charge is 0.296 e. The number of hydrogen-bond acceptors (Lipinski definition) is 8. The Morgan fingerprint density at radius 1 is 1.07 bits per heavy atom. The molecule has 0 amide bonds. The number of fused-ring (bicyclic) bond motifs is 1. The summed E-state index contributed by atoms with van der Waals surface area (Å²) in [7, 11) is -4.77. The molecule has 0 radical (unpaired) electrons. The number of nitro benzene ring substituents is 1. The van der Waals surface area contributed by atoms with Gasteiger partial charge in [-0.1, -0.05) is 18.2 Å². The number of rotatable bonds is 4. The molecule has 0 fully saturated rings. The predicted molar refractivity (Wildman–Crippen MR) is 97.1 cm³/mol. The van der Waals surface area contributed by atoms with Crippen molar-refractivity contribution in [2.75, 3.05) is 5.73 Å². The zero-order chi connectivity index (χ0) is 19.8. The largest absolute Gasteiger partial charge is 0.505 e. The number of anilines is 1. The van der Waals surface area contributed by atoms with E-state index in [1.807, 2.05) is 0 Å². The first-order valence-electron chi connectivity index (χ1n) is 7.36. The Kier molecular flexibility index (Phi) is 4.47. The lowest BCUT2D eigenvalue weighted by Gasteiger charge is -2.09. The fourth-order valence-corrected chi connectivity index (χ4v) is 3.12. The lowest BCUT2D eigenvalue weighted by atomic mass is 10.1. The third kappa shape index (κ3) is 3.54. The van der Waals surface area contributed by atoms with Gasteiger partial charge in [0.2, 0.25) is 0 Å². The number of hydrogen-bond donors (Lipinski definition) is 3. The highest BCUT2D eigenvalue weighted by molar-refractivity contribution is 7.86. The number of benzene rings is 3. The van der Waals surface area contributed by atoms with Gasteiger partial charge in [0, 0.05) is 17.1 Å². The van der Waals surface area contributed by atoms with Gasteiger partial charge in [0.15, 0.2) is 11.4 Å². The number of nitro groups is 1. The summed E-state index contributed by atoms with van der Waals surface area (Å²) < 4.78 is 32.9. The van der Waals surface area contributed by atoms with Crippen LogP contribution in [0.4, 0.5) is 22.7 Å². The van der Waals surface area contributed by atoms with E-state index in [9.17, 15) is 28.2 Å². The van der Waals surface area contributed by atoms with Crippen LogP contribution in [0, 0.1) is 10.1 Å². The van der Waals surface area contributed by atoms with Crippen molar-refractivity contribution in [3.63, 3.8) is 0 Å². The van der Waals surface area contributed by atoms with Gasteiger partial charge in [-0.25, -0.2) is 0 Å². The number of nitrogens with zero attached hydrogens (tertiary/aromatic N) is 3. The van der Waals surface area contributed by atoms with Gasteiger partial charge in [-0.05, 0) is 29.7 Å². The number of aromatic hydroxyl groups is 1. The molecule has 0 aliphatic rings. The van der Waals surface area contributed by atoms with Crippen LogP contribution in [0.15, 0.2) is 63.7 Å². The summed E-state index contributed by atoms with van der Waals surface area (Å²) in [5.41, 5.74) is 4.90. The Balaban J connectivity index is 2.27. The first-order chi connectivity index (χ1) is 12.7. The van der Waals surface area contributed by atoms with Crippen LogP contribution < -0.4 is 5.73 Å². The number of para-hydroxylation sites is 1. The molecule has 0 bridgehead atoms. The first-order valence-corrected chi connectivity index (χ1v) is 8.80. The zero-order valence-corrected chi connectivity index (χ0v) is 14.3. The van der Waals surface area contributed by atoms with Crippen molar-refractivity contribution in [3.05, 3.63) is 58.6 Å². The first kappa shape index (κ1) is 18.2. The van der Waals surface area contributed by atoms with Crippen molar-refractivity contribution in [2.24, 2.45) is 10.2 Å². The highest BCUT2D eigenvalue weighted by atomic mass is 32.2. The summed E-state index contributed by atoms with van der Waals surface area (Å²) in [6.07, 6.45) is 0. The number of phenolic OH excluding ortho intramolecular Hbond substituents is 1. The molecule has 0 aliphatic heterocycles. The normalized spacial score (nSPS) is 11.9. The molecule has 0 aromatic heterocycles. The molecule has 138 valence electrons. The maximum absolute atomic E-state index is 11.7. The molecule has 3 aromatic carbocycles. The van der Waals surface area contributed by atoms with Crippen molar-refractivity contribution in [3.8, 4) is 5.75 Å². The molecule has 10 nitrogen and oxygen atoms in total. The second-order valence-corrected chi connectivity index (χ2v) is 6.86. The molecule has 3 rings (SSSR count). The van der Waals surface area contributed by atoms with Gasteiger partial charge in [0.1, 0.15) is 10.6 Å². The molecule has 0 aliphatic carbocycles. The van der Waals surface area contributed by atoms with E-state index < -0.39 is 31.4 Å². The highest BCUT2D eigenvalue weighted by Gasteiger charge is 2.22. The topological polar surface area (TPSA) is 168 Å². The van der Waals surface area contributed by atoms with Gasteiger partial charge in [-0.2, -0.15) is 8.42 Å². The quantitative estimate of drug-likeness (QED) is 0.201. The molecular formula is C16H12N4O6S. The lowest BCUT2D eigenvalue weighted by Crippen LogP contribution is -1.99. The summed E-state index contributed by atoms with van der Waals surface area (Å²) in [5, 5.41) is 29.3. The maximum Gasteiger partial charge on any atom is 0.296 e.